The van der Waals surface area contributed by atoms with E-state index in [-0.39, 0.29) is 0 Å². The lowest BCUT2D eigenvalue weighted by Gasteiger charge is -2.17. The Morgan fingerprint density at radius 1 is 0.889 bits per heavy atom. The number of benzene rings is 2. The summed E-state index contributed by atoms with van der Waals surface area (Å²) in [6, 6.07) is 18.2. The van der Waals surface area contributed by atoms with Crippen LogP contribution in [0.15, 0.2) is 54.6 Å². The minimum atomic E-state index is 0.334. The minimum absolute atomic E-state index is 0.334. The Bertz CT molecular complexity index is 459. The van der Waals surface area contributed by atoms with Gasteiger partial charge < -0.3 is 5.11 Å². The van der Waals surface area contributed by atoms with Crippen molar-refractivity contribution in [3.8, 4) is 5.75 Å². The molecule has 0 aliphatic carbocycles. The van der Waals surface area contributed by atoms with Crippen molar-refractivity contribution in [1.82, 2.24) is 0 Å². The molecular formula is C17H20O. The van der Waals surface area contributed by atoms with Crippen LogP contribution in [-0.2, 0) is 0 Å². The van der Waals surface area contributed by atoms with E-state index >= 15 is 0 Å². The van der Waals surface area contributed by atoms with E-state index in [9.17, 15) is 5.11 Å². The van der Waals surface area contributed by atoms with E-state index in [2.05, 4.69) is 37.3 Å². The minimum Gasteiger partial charge on any atom is -0.508 e. The summed E-state index contributed by atoms with van der Waals surface area (Å²) < 4.78 is 0. The monoisotopic (exact) mass is 240 g/mol. The van der Waals surface area contributed by atoms with Crippen LogP contribution in [0.25, 0.3) is 0 Å². The Morgan fingerprint density at radius 2 is 1.50 bits per heavy atom. The van der Waals surface area contributed by atoms with E-state index < -0.39 is 0 Å². The predicted molar refractivity (Wildman–Crippen MR) is 75.9 cm³/mol. The second-order valence-corrected chi connectivity index (χ2v) is 4.70. The van der Waals surface area contributed by atoms with Crippen LogP contribution in [0.5, 0.6) is 5.75 Å². The summed E-state index contributed by atoms with van der Waals surface area (Å²) in [5.41, 5.74) is 2.64. The Labute approximate surface area is 109 Å². The highest BCUT2D eigenvalue weighted by Gasteiger charge is 2.13. The molecule has 0 aliphatic rings. The smallest absolute Gasteiger partial charge is 0.115 e. The molecule has 0 amide bonds. The van der Waals surface area contributed by atoms with Gasteiger partial charge in [-0.05, 0) is 29.7 Å². The number of phenolic OH excluding ortho intramolecular Hbond substituents is 1. The zero-order valence-corrected chi connectivity index (χ0v) is 10.8. The maximum atomic E-state index is 9.39. The molecule has 2 aromatic rings. The quantitative estimate of drug-likeness (QED) is 0.802. The SMILES string of the molecule is CCCCC(c1ccccc1)c1ccc(O)cc1. The van der Waals surface area contributed by atoms with Crippen LogP contribution in [0, 0.1) is 0 Å². The standard InChI is InChI=1S/C17H20O/c1-2-3-9-17(14-7-5-4-6-8-14)15-10-12-16(18)13-11-15/h4-8,10-13,17-18H,2-3,9H2,1H3. The molecule has 1 unspecified atom stereocenters. The van der Waals surface area contributed by atoms with Gasteiger partial charge in [0, 0.05) is 5.92 Å². The summed E-state index contributed by atoms with van der Waals surface area (Å²) in [5.74, 6) is 0.771. The molecule has 2 rings (SSSR count). The molecule has 0 saturated carbocycles. The maximum Gasteiger partial charge on any atom is 0.115 e. The fraction of sp³-hybridized carbons (Fsp3) is 0.294. The number of hydrogen-bond acceptors (Lipinski definition) is 1. The Kier molecular flexibility index (Phi) is 4.40. The van der Waals surface area contributed by atoms with Gasteiger partial charge in [-0.15, -0.1) is 0 Å². The van der Waals surface area contributed by atoms with Gasteiger partial charge in [-0.25, -0.2) is 0 Å². The molecule has 0 spiro atoms. The molecule has 94 valence electrons. The molecule has 0 fully saturated rings. The second-order valence-electron chi connectivity index (χ2n) is 4.70. The van der Waals surface area contributed by atoms with Gasteiger partial charge in [0.25, 0.3) is 0 Å². The lowest BCUT2D eigenvalue weighted by molar-refractivity contribution is 0.475. The van der Waals surface area contributed by atoms with Gasteiger partial charge in [-0.1, -0.05) is 62.2 Å². The summed E-state index contributed by atoms with van der Waals surface area (Å²) in [7, 11) is 0. The number of rotatable bonds is 5. The highest BCUT2D eigenvalue weighted by Crippen LogP contribution is 2.30. The highest BCUT2D eigenvalue weighted by molar-refractivity contribution is 5.35. The lowest BCUT2D eigenvalue weighted by Crippen LogP contribution is -2.00. The van der Waals surface area contributed by atoms with Crippen molar-refractivity contribution in [3.63, 3.8) is 0 Å². The van der Waals surface area contributed by atoms with Gasteiger partial charge in [-0.2, -0.15) is 0 Å². The first-order chi connectivity index (χ1) is 8.81. The molecule has 1 heteroatoms. The van der Waals surface area contributed by atoms with Crippen molar-refractivity contribution < 1.29 is 5.11 Å². The first-order valence-electron chi connectivity index (χ1n) is 6.65. The molecule has 1 N–H and O–H groups in total. The molecule has 0 aromatic heterocycles. The van der Waals surface area contributed by atoms with E-state index in [1.807, 2.05) is 12.1 Å². The number of aromatic hydroxyl groups is 1. The fourth-order valence-corrected chi connectivity index (χ4v) is 2.33. The van der Waals surface area contributed by atoms with Crippen LogP contribution < -0.4 is 0 Å². The summed E-state index contributed by atoms with van der Waals surface area (Å²) in [4.78, 5) is 0. The van der Waals surface area contributed by atoms with E-state index in [0.29, 0.717) is 11.7 Å². The normalized spacial score (nSPS) is 12.3. The van der Waals surface area contributed by atoms with Gasteiger partial charge >= 0.3 is 0 Å². The first-order valence-corrected chi connectivity index (χ1v) is 6.65. The van der Waals surface area contributed by atoms with Gasteiger partial charge in [0.15, 0.2) is 0 Å². The molecule has 1 nitrogen and oxygen atoms in total. The molecule has 18 heavy (non-hydrogen) atoms. The molecule has 0 bridgehead atoms. The van der Waals surface area contributed by atoms with Crippen molar-refractivity contribution >= 4 is 0 Å². The third-order valence-corrected chi connectivity index (χ3v) is 3.34. The molecule has 0 saturated heterocycles. The third-order valence-electron chi connectivity index (χ3n) is 3.34. The van der Waals surface area contributed by atoms with Crippen molar-refractivity contribution in [2.45, 2.75) is 32.1 Å². The van der Waals surface area contributed by atoms with Crippen LogP contribution in [0.4, 0.5) is 0 Å². The van der Waals surface area contributed by atoms with Gasteiger partial charge in [0.1, 0.15) is 5.75 Å². The average molecular weight is 240 g/mol. The maximum absolute atomic E-state index is 9.39. The van der Waals surface area contributed by atoms with Crippen molar-refractivity contribution in [1.29, 1.82) is 0 Å². The Morgan fingerprint density at radius 3 is 2.11 bits per heavy atom. The molecular weight excluding hydrogens is 220 g/mol. The zero-order valence-electron chi connectivity index (χ0n) is 10.8. The predicted octanol–water partition coefficient (Wildman–Crippen LogP) is 4.71. The van der Waals surface area contributed by atoms with Crippen LogP contribution in [-0.4, -0.2) is 5.11 Å². The largest absolute Gasteiger partial charge is 0.508 e. The third kappa shape index (κ3) is 3.13. The summed E-state index contributed by atoms with van der Waals surface area (Å²) >= 11 is 0. The van der Waals surface area contributed by atoms with E-state index in [4.69, 9.17) is 0 Å². The molecule has 1 atom stereocenters. The van der Waals surface area contributed by atoms with E-state index in [1.165, 1.54) is 24.0 Å². The molecule has 0 radical (unpaired) electrons. The van der Waals surface area contributed by atoms with Gasteiger partial charge in [-0.3, -0.25) is 0 Å². The Balaban J connectivity index is 2.27. The first kappa shape index (κ1) is 12.7. The van der Waals surface area contributed by atoms with Crippen LogP contribution >= 0.6 is 0 Å². The highest BCUT2D eigenvalue weighted by atomic mass is 16.3. The fourth-order valence-electron chi connectivity index (χ4n) is 2.33. The lowest BCUT2D eigenvalue weighted by atomic mass is 9.87. The molecule has 0 aliphatic heterocycles. The molecule has 2 aromatic carbocycles. The van der Waals surface area contributed by atoms with E-state index in [0.717, 1.165) is 6.42 Å². The number of unbranched alkanes of at least 4 members (excludes halogenated alkanes) is 1. The number of phenols is 1. The van der Waals surface area contributed by atoms with Crippen molar-refractivity contribution in [3.05, 3.63) is 65.7 Å². The average Bonchev–Trinajstić information content (AvgIpc) is 2.42. The zero-order chi connectivity index (χ0) is 12.8. The van der Waals surface area contributed by atoms with Gasteiger partial charge in [0.05, 0.1) is 0 Å². The topological polar surface area (TPSA) is 20.2 Å². The second kappa shape index (κ2) is 6.25. The van der Waals surface area contributed by atoms with Crippen molar-refractivity contribution in [2.24, 2.45) is 0 Å². The van der Waals surface area contributed by atoms with Gasteiger partial charge in [0.2, 0.25) is 0 Å². The van der Waals surface area contributed by atoms with Crippen LogP contribution in [0.1, 0.15) is 43.2 Å². The summed E-state index contributed by atoms with van der Waals surface area (Å²) in [5, 5.41) is 9.39. The van der Waals surface area contributed by atoms with Crippen LogP contribution in [0.2, 0.25) is 0 Å². The molecule has 0 heterocycles. The summed E-state index contributed by atoms with van der Waals surface area (Å²) in [6.45, 7) is 2.22. The van der Waals surface area contributed by atoms with Crippen molar-refractivity contribution in [2.75, 3.05) is 0 Å². The number of hydrogen-bond donors (Lipinski definition) is 1. The Hall–Kier alpha value is -1.76. The van der Waals surface area contributed by atoms with Crippen LogP contribution in [0.3, 0.4) is 0 Å². The summed E-state index contributed by atoms with van der Waals surface area (Å²) in [6.07, 6.45) is 3.59. The van der Waals surface area contributed by atoms with E-state index in [1.54, 1.807) is 12.1 Å².